The molecule has 1 N–H and O–H groups in total. The average Bonchev–Trinajstić information content (AvgIpc) is 2.82. The van der Waals surface area contributed by atoms with E-state index in [0.29, 0.717) is 0 Å². The normalized spacial score (nSPS) is 14.6. The molecule has 0 spiro atoms. The minimum atomic E-state index is -0.240. The molecule has 0 amide bonds. The lowest BCUT2D eigenvalue weighted by atomic mass is 10.0. The van der Waals surface area contributed by atoms with Crippen LogP contribution in [0.3, 0.4) is 0 Å². The van der Waals surface area contributed by atoms with E-state index in [0.717, 1.165) is 37.4 Å². The highest BCUT2D eigenvalue weighted by molar-refractivity contribution is 7.11. The molecule has 0 fully saturated rings. The molecule has 1 unspecified atom stereocenters. The number of rotatable bonds is 9. The summed E-state index contributed by atoms with van der Waals surface area (Å²) in [5.41, 5.74) is 1.01. The predicted molar refractivity (Wildman–Crippen MR) is 82.8 cm³/mol. The van der Waals surface area contributed by atoms with Gasteiger partial charge in [-0.3, -0.25) is 0 Å². The Kier molecular flexibility index (Phi) is 6.97. The fraction of sp³-hybridized carbons (Fsp3) is 0.800. The molecule has 0 bridgehead atoms. The van der Waals surface area contributed by atoms with Gasteiger partial charge in [0.25, 0.3) is 0 Å². The summed E-state index contributed by atoms with van der Waals surface area (Å²) >= 11 is 1.81. The second-order valence-electron chi connectivity index (χ2n) is 5.10. The standard InChI is InChI=1S/C15H28N2OS/c1-6-9-12-13(11-16-10-7-2)19-14(17-12)15(4,8-3)18-5/h16H,6-11H2,1-5H3. The van der Waals surface area contributed by atoms with Gasteiger partial charge in [0.05, 0.1) is 5.69 Å². The van der Waals surface area contributed by atoms with Crippen molar-refractivity contribution >= 4 is 11.3 Å². The van der Waals surface area contributed by atoms with Crippen LogP contribution in [0.4, 0.5) is 0 Å². The molecule has 0 radical (unpaired) electrons. The van der Waals surface area contributed by atoms with Gasteiger partial charge in [-0.05, 0) is 32.7 Å². The van der Waals surface area contributed by atoms with Crippen LogP contribution in [0, 0.1) is 0 Å². The van der Waals surface area contributed by atoms with Crippen LogP contribution in [0.25, 0.3) is 0 Å². The van der Waals surface area contributed by atoms with Crippen molar-refractivity contribution in [1.82, 2.24) is 10.3 Å². The third-order valence-corrected chi connectivity index (χ3v) is 4.90. The number of hydrogen-bond donors (Lipinski definition) is 1. The number of aryl methyl sites for hydroxylation is 1. The van der Waals surface area contributed by atoms with Crippen LogP contribution in [0.15, 0.2) is 0 Å². The zero-order chi connectivity index (χ0) is 14.3. The summed E-state index contributed by atoms with van der Waals surface area (Å²) in [6.45, 7) is 10.7. The van der Waals surface area contributed by atoms with Gasteiger partial charge in [0, 0.05) is 18.5 Å². The minimum Gasteiger partial charge on any atom is -0.371 e. The lowest BCUT2D eigenvalue weighted by Gasteiger charge is -2.23. The van der Waals surface area contributed by atoms with Gasteiger partial charge in [-0.15, -0.1) is 11.3 Å². The maximum atomic E-state index is 5.67. The highest BCUT2D eigenvalue weighted by Crippen LogP contribution is 2.33. The lowest BCUT2D eigenvalue weighted by molar-refractivity contribution is -0.00166. The van der Waals surface area contributed by atoms with Crippen molar-refractivity contribution in [2.75, 3.05) is 13.7 Å². The highest BCUT2D eigenvalue weighted by Gasteiger charge is 2.29. The van der Waals surface area contributed by atoms with Crippen LogP contribution in [-0.4, -0.2) is 18.6 Å². The third-order valence-electron chi connectivity index (χ3n) is 3.55. The van der Waals surface area contributed by atoms with E-state index in [2.05, 4.69) is 33.0 Å². The van der Waals surface area contributed by atoms with Crippen molar-refractivity contribution in [3.8, 4) is 0 Å². The number of hydrogen-bond acceptors (Lipinski definition) is 4. The van der Waals surface area contributed by atoms with Crippen molar-refractivity contribution < 1.29 is 4.74 Å². The van der Waals surface area contributed by atoms with Gasteiger partial charge in [0.1, 0.15) is 10.6 Å². The molecule has 3 nitrogen and oxygen atoms in total. The Hall–Kier alpha value is -0.450. The SMILES string of the molecule is CCCNCc1sc(C(C)(CC)OC)nc1CCC. The molecule has 1 aromatic rings. The number of nitrogens with zero attached hydrogens (tertiary/aromatic N) is 1. The summed E-state index contributed by atoms with van der Waals surface area (Å²) < 4.78 is 5.67. The lowest BCUT2D eigenvalue weighted by Crippen LogP contribution is -2.22. The monoisotopic (exact) mass is 284 g/mol. The Labute approximate surface area is 121 Å². The zero-order valence-corrected chi connectivity index (χ0v) is 13.8. The number of methoxy groups -OCH3 is 1. The number of thiazole rings is 1. The van der Waals surface area contributed by atoms with Gasteiger partial charge < -0.3 is 10.1 Å². The van der Waals surface area contributed by atoms with Crippen molar-refractivity contribution in [2.45, 2.75) is 65.5 Å². The molecule has 1 rings (SSSR count). The van der Waals surface area contributed by atoms with Crippen molar-refractivity contribution in [3.63, 3.8) is 0 Å². The summed E-state index contributed by atoms with van der Waals surface area (Å²) in [7, 11) is 1.78. The Morgan fingerprint density at radius 2 is 2.00 bits per heavy atom. The van der Waals surface area contributed by atoms with E-state index in [1.54, 1.807) is 7.11 Å². The van der Waals surface area contributed by atoms with Gasteiger partial charge in [0.2, 0.25) is 0 Å². The van der Waals surface area contributed by atoms with E-state index >= 15 is 0 Å². The van der Waals surface area contributed by atoms with E-state index in [1.807, 2.05) is 11.3 Å². The summed E-state index contributed by atoms with van der Waals surface area (Å²) in [4.78, 5) is 6.22. The maximum Gasteiger partial charge on any atom is 0.125 e. The second-order valence-corrected chi connectivity index (χ2v) is 6.19. The van der Waals surface area contributed by atoms with Crippen LogP contribution >= 0.6 is 11.3 Å². The molecule has 19 heavy (non-hydrogen) atoms. The van der Waals surface area contributed by atoms with Crippen LogP contribution in [-0.2, 0) is 23.3 Å². The number of nitrogens with one attached hydrogen (secondary N) is 1. The summed E-state index contributed by atoms with van der Waals surface area (Å²) in [5.74, 6) is 0. The minimum absolute atomic E-state index is 0.240. The average molecular weight is 284 g/mol. The molecular weight excluding hydrogens is 256 g/mol. The summed E-state index contributed by atoms with van der Waals surface area (Å²) in [6, 6.07) is 0. The molecule has 1 aromatic heterocycles. The molecular formula is C15H28N2OS. The largest absolute Gasteiger partial charge is 0.371 e. The molecule has 110 valence electrons. The Morgan fingerprint density at radius 1 is 1.26 bits per heavy atom. The quantitative estimate of drug-likeness (QED) is 0.699. The molecule has 0 aliphatic rings. The smallest absolute Gasteiger partial charge is 0.125 e. The second kappa shape index (κ2) is 7.98. The summed E-state index contributed by atoms with van der Waals surface area (Å²) in [6.07, 6.45) is 4.31. The van der Waals surface area contributed by atoms with Crippen molar-refractivity contribution in [2.24, 2.45) is 0 Å². The first-order valence-corrected chi connectivity index (χ1v) is 8.17. The van der Waals surface area contributed by atoms with E-state index in [-0.39, 0.29) is 5.60 Å². The molecule has 0 aliphatic heterocycles. The van der Waals surface area contributed by atoms with Crippen LogP contribution < -0.4 is 5.32 Å². The van der Waals surface area contributed by atoms with Gasteiger partial charge in [-0.25, -0.2) is 4.98 Å². The maximum absolute atomic E-state index is 5.67. The van der Waals surface area contributed by atoms with Crippen molar-refractivity contribution in [1.29, 1.82) is 0 Å². The van der Waals surface area contributed by atoms with Crippen molar-refractivity contribution in [3.05, 3.63) is 15.6 Å². The van der Waals surface area contributed by atoms with E-state index in [9.17, 15) is 0 Å². The van der Waals surface area contributed by atoms with Crippen LogP contribution in [0.1, 0.15) is 62.5 Å². The summed E-state index contributed by atoms with van der Waals surface area (Å²) in [5, 5.41) is 4.60. The Morgan fingerprint density at radius 3 is 2.53 bits per heavy atom. The number of ether oxygens (including phenoxy) is 1. The van der Waals surface area contributed by atoms with E-state index < -0.39 is 0 Å². The first-order valence-electron chi connectivity index (χ1n) is 7.36. The first kappa shape index (κ1) is 16.6. The molecule has 1 atom stereocenters. The highest BCUT2D eigenvalue weighted by atomic mass is 32.1. The third kappa shape index (κ3) is 4.26. The first-order chi connectivity index (χ1) is 9.11. The van der Waals surface area contributed by atoms with Gasteiger partial charge in [0.15, 0.2) is 0 Å². The van der Waals surface area contributed by atoms with Gasteiger partial charge in [-0.2, -0.15) is 0 Å². The van der Waals surface area contributed by atoms with Gasteiger partial charge >= 0.3 is 0 Å². The molecule has 0 saturated carbocycles. The molecule has 0 saturated heterocycles. The Balaban J connectivity index is 2.92. The Bertz CT molecular complexity index is 372. The fourth-order valence-corrected chi connectivity index (χ4v) is 3.21. The van der Waals surface area contributed by atoms with Gasteiger partial charge in [-0.1, -0.05) is 27.2 Å². The molecule has 4 heteroatoms. The predicted octanol–water partition coefficient (Wildman–Crippen LogP) is 3.87. The van der Waals surface area contributed by atoms with Crippen LogP contribution in [0.5, 0.6) is 0 Å². The fourth-order valence-electron chi connectivity index (χ4n) is 1.94. The zero-order valence-electron chi connectivity index (χ0n) is 13.0. The van der Waals surface area contributed by atoms with E-state index in [4.69, 9.17) is 9.72 Å². The molecule has 0 aliphatic carbocycles. The van der Waals surface area contributed by atoms with Crippen LogP contribution in [0.2, 0.25) is 0 Å². The topological polar surface area (TPSA) is 34.1 Å². The number of aromatic nitrogens is 1. The molecule has 0 aromatic carbocycles. The molecule has 1 heterocycles. The van der Waals surface area contributed by atoms with E-state index in [1.165, 1.54) is 17.0 Å².